The maximum atomic E-state index is 11.4. The molecule has 3 rings (SSSR count). The van der Waals surface area contributed by atoms with E-state index >= 15 is 0 Å². The van der Waals surface area contributed by atoms with E-state index in [9.17, 15) is 4.79 Å². The van der Waals surface area contributed by atoms with Crippen molar-refractivity contribution in [2.24, 2.45) is 5.73 Å². The first-order chi connectivity index (χ1) is 9.75. The molecule has 0 saturated carbocycles. The normalized spacial score (nSPS) is 10.4. The number of hydrogen-bond donors (Lipinski definition) is 1. The van der Waals surface area contributed by atoms with Crippen LogP contribution < -0.4 is 5.73 Å². The zero-order valence-electron chi connectivity index (χ0n) is 10.7. The fourth-order valence-corrected chi connectivity index (χ4v) is 2.20. The van der Waals surface area contributed by atoms with Crippen molar-refractivity contribution in [1.29, 1.82) is 0 Å². The average Bonchev–Trinajstić information content (AvgIpc) is 2.98. The number of carbonyl (C=O) groups excluding carboxylic acids is 1. The highest BCUT2D eigenvalue weighted by atomic mass is 16.3. The zero-order chi connectivity index (χ0) is 13.9. The Labute approximate surface area is 116 Å². The number of rotatable bonds is 3. The molecule has 0 fully saturated rings. The summed E-state index contributed by atoms with van der Waals surface area (Å²) in [5.74, 6) is 0.0224. The smallest absolute Gasteiger partial charge is 0.252 e. The minimum absolute atomic E-state index is 0.398. The number of amides is 1. The Balaban J connectivity index is 2.08. The molecule has 3 aromatic rings. The van der Waals surface area contributed by atoms with Crippen LogP contribution in [0.3, 0.4) is 0 Å². The number of primary amides is 1. The molecule has 0 unspecified atom stereocenters. The molecule has 3 heteroatoms. The van der Waals surface area contributed by atoms with Crippen LogP contribution in [0.25, 0.3) is 22.5 Å². The van der Waals surface area contributed by atoms with Gasteiger partial charge in [0.15, 0.2) is 0 Å². The van der Waals surface area contributed by atoms with Gasteiger partial charge in [0.05, 0.1) is 11.8 Å². The lowest BCUT2D eigenvalue weighted by atomic mass is 10.0. The standard InChI is InChI=1S/C17H13NO2/c18-17(19)15-9-10-20-16(15)14-8-4-7-13(11-14)12-5-2-1-3-6-12/h1-11H,(H2,18,19). The predicted octanol–water partition coefficient (Wildman–Crippen LogP) is 3.71. The van der Waals surface area contributed by atoms with Gasteiger partial charge in [-0.2, -0.15) is 0 Å². The second kappa shape index (κ2) is 5.05. The summed E-state index contributed by atoms with van der Waals surface area (Å²) in [4.78, 5) is 11.4. The van der Waals surface area contributed by atoms with Gasteiger partial charge in [0, 0.05) is 5.56 Å². The minimum atomic E-state index is -0.487. The third-order valence-electron chi connectivity index (χ3n) is 3.16. The Bertz CT molecular complexity index is 744. The lowest BCUT2D eigenvalue weighted by Gasteiger charge is -2.05. The first-order valence-electron chi connectivity index (χ1n) is 6.29. The highest BCUT2D eigenvalue weighted by Gasteiger charge is 2.13. The van der Waals surface area contributed by atoms with Gasteiger partial charge in [-0.3, -0.25) is 4.79 Å². The van der Waals surface area contributed by atoms with Crippen LogP contribution in [0.1, 0.15) is 10.4 Å². The number of furan rings is 1. The van der Waals surface area contributed by atoms with Gasteiger partial charge in [0.1, 0.15) is 5.76 Å². The summed E-state index contributed by atoms with van der Waals surface area (Å²) in [5.41, 5.74) is 8.76. The summed E-state index contributed by atoms with van der Waals surface area (Å²) in [5, 5.41) is 0. The first kappa shape index (κ1) is 12.2. The van der Waals surface area contributed by atoms with Crippen LogP contribution in [0.15, 0.2) is 71.3 Å². The third-order valence-corrected chi connectivity index (χ3v) is 3.16. The van der Waals surface area contributed by atoms with Gasteiger partial charge in [-0.05, 0) is 23.3 Å². The molecule has 0 saturated heterocycles. The first-order valence-corrected chi connectivity index (χ1v) is 6.29. The monoisotopic (exact) mass is 263 g/mol. The lowest BCUT2D eigenvalue weighted by molar-refractivity contribution is 0.100. The van der Waals surface area contributed by atoms with E-state index in [-0.39, 0.29) is 0 Å². The molecule has 1 amide bonds. The van der Waals surface area contributed by atoms with Crippen LogP contribution in [-0.4, -0.2) is 5.91 Å². The molecule has 0 radical (unpaired) electrons. The van der Waals surface area contributed by atoms with Crippen molar-refractivity contribution in [2.75, 3.05) is 0 Å². The summed E-state index contributed by atoms with van der Waals surface area (Å²) in [6.45, 7) is 0. The zero-order valence-corrected chi connectivity index (χ0v) is 10.7. The molecular formula is C17H13NO2. The van der Waals surface area contributed by atoms with Crippen molar-refractivity contribution in [1.82, 2.24) is 0 Å². The van der Waals surface area contributed by atoms with E-state index in [2.05, 4.69) is 0 Å². The molecule has 98 valence electrons. The van der Waals surface area contributed by atoms with Gasteiger partial charge < -0.3 is 10.2 Å². The van der Waals surface area contributed by atoms with Gasteiger partial charge in [-0.25, -0.2) is 0 Å². The van der Waals surface area contributed by atoms with Crippen LogP contribution in [0.2, 0.25) is 0 Å². The summed E-state index contributed by atoms with van der Waals surface area (Å²) >= 11 is 0. The molecule has 0 atom stereocenters. The van der Waals surface area contributed by atoms with E-state index in [0.29, 0.717) is 11.3 Å². The van der Waals surface area contributed by atoms with E-state index < -0.39 is 5.91 Å². The largest absolute Gasteiger partial charge is 0.464 e. The van der Waals surface area contributed by atoms with Crippen LogP contribution in [0.4, 0.5) is 0 Å². The lowest BCUT2D eigenvalue weighted by Crippen LogP contribution is -2.10. The van der Waals surface area contributed by atoms with E-state index in [4.69, 9.17) is 10.2 Å². The van der Waals surface area contributed by atoms with Gasteiger partial charge in [-0.15, -0.1) is 0 Å². The molecule has 0 aliphatic heterocycles. The number of hydrogen-bond acceptors (Lipinski definition) is 2. The summed E-state index contributed by atoms with van der Waals surface area (Å²) in [6.07, 6.45) is 1.48. The maximum absolute atomic E-state index is 11.4. The highest BCUT2D eigenvalue weighted by molar-refractivity contribution is 5.98. The van der Waals surface area contributed by atoms with Gasteiger partial charge in [0.25, 0.3) is 5.91 Å². The molecule has 2 aromatic carbocycles. The Morgan fingerprint density at radius 1 is 0.850 bits per heavy atom. The number of benzene rings is 2. The highest BCUT2D eigenvalue weighted by Crippen LogP contribution is 2.29. The second-order valence-electron chi connectivity index (χ2n) is 4.47. The fourth-order valence-electron chi connectivity index (χ4n) is 2.20. The molecular weight excluding hydrogens is 250 g/mol. The molecule has 1 aromatic heterocycles. The summed E-state index contributed by atoms with van der Waals surface area (Å²) < 4.78 is 5.40. The van der Waals surface area contributed by atoms with Crippen LogP contribution >= 0.6 is 0 Å². The molecule has 0 bridgehead atoms. The Morgan fingerprint density at radius 2 is 1.55 bits per heavy atom. The quantitative estimate of drug-likeness (QED) is 0.783. The Hall–Kier alpha value is -2.81. The van der Waals surface area contributed by atoms with Gasteiger partial charge in [-0.1, -0.05) is 48.5 Å². The van der Waals surface area contributed by atoms with Crippen LogP contribution in [0.5, 0.6) is 0 Å². The Morgan fingerprint density at radius 3 is 2.30 bits per heavy atom. The number of nitrogens with two attached hydrogens (primary N) is 1. The molecule has 0 aliphatic rings. The summed E-state index contributed by atoms with van der Waals surface area (Å²) in [7, 11) is 0. The molecule has 20 heavy (non-hydrogen) atoms. The van der Waals surface area contributed by atoms with E-state index in [0.717, 1.165) is 16.7 Å². The third kappa shape index (κ3) is 2.21. The van der Waals surface area contributed by atoms with E-state index in [1.807, 2.05) is 54.6 Å². The topological polar surface area (TPSA) is 56.2 Å². The minimum Gasteiger partial charge on any atom is -0.464 e. The van der Waals surface area contributed by atoms with Crippen molar-refractivity contribution in [3.63, 3.8) is 0 Å². The Kier molecular flexibility index (Phi) is 3.09. The maximum Gasteiger partial charge on any atom is 0.252 e. The predicted molar refractivity (Wildman–Crippen MR) is 78.1 cm³/mol. The van der Waals surface area contributed by atoms with Crippen molar-refractivity contribution in [2.45, 2.75) is 0 Å². The second-order valence-corrected chi connectivity index (χ2v) is 4.47. The van der Waals surface area contributed by atoms with Crippen molar-refractivity contribution in [3.05, 3.63) is 72.5 Å². The molecule has 0 spiro atoms. The fraction of sp³-hybridized carbons (Fsp3) is 0. The van der Waals surface area contributed by atoms with Crippen LogP contribution in [-0.2, 0) is 0 Å². The van der Waals surface area contributed by atoms with Crippen molar-refractivity contribution in [3.8, 4) is 22.5 Å². The van der Waals surface area contributed by atoms with E-state index in [1.54, 1.807) is 6.07 Å². The SMILES string of the molecule is NC(=O)c1ccoc1-c1cccc(-c2ccccc2)c1. The van der Waals surface area contributed by atoms with E-state index in [1.165, 1.54) is 6.26 Å². The average molecular weight is 263 g/mol. The molecule has 2 N–H and O–H groups in total. The molecule has 0 aliphatic carbocycles. The van der Waals surface area contributed by atoms with Crippen molar-refractivity contribution < 1.29 is 9.21 Å². The van der Waals surface area contributed by atoms with Gasteiger partial charge >= 0.3 is 0 Å². The molecule has 1 heterocycles. The van der Waals surface area contributed by atoms with Crippen LogP contribution in [0, 0.1) is 0 Å². The number of carbonyl (C=O) groups is 1. The van der Waals surface area contributed by atoms with Crippen molar-refractivity contribution >= 4 is 5.91 Å². The van der Waals surface area contributed by atoms with Gasteiger partial charge in [0.2, 0.25) is 0 Å². The summed E-state index contributed by atoms with van der Waals surface area (Å²) in [6, 6.07) is 19.5. The molecule has 3 nitrogen and oxygen atoms in total.